The minimum atomic E-state index is -0.123. The predicted molar refractivity (Wildman–Crippen MR) is 132 cm³/mol. The molecule has 8 heteroatoms. The van der Waals surface area contributed by atoms with E-state index in [0.29, 0.717) is 30.2 Å². The van der Waals surface area contributed by atoms with Gasteiger partial charge in [0, 0.05) is 31.6 Å². The zero-order valence-electron chi connectivity index (χ0n) is 19.2. The third-order valence-electron chi connectivity index (χ3n) is 6.52. The van der Waals surface area contributed by atoms with Crippen molar-refractivity contribution in [1.29, 1.82) is 0 Å². The standard InChI is InChI=1S/C26H28N4O3S/c1-33-23-9-5-3-7-18(23)14-30-13-12-22-20(15-30)25(32)29-26(28-22)34-16-24(31)27-21-11-10-17-6-2-4-8-19(17)21/h2-9,21H,10-16H2,1H3,(H,27,31)(H,28,29,32)/t21-/m1/s1. The SMILES string of the molecule is COc1ccccc1CN1CCc2nc(SCC(=O)N[C@@H]3CCc4ccccc43)[nH]c(=O)c2C1. The number of nitrogens with one attached hydrogen (secondary N) is 2. The molecule has 5 rings (SSSR count). The Bertz CT molecular complexity index is 1260. The van der Waals surface area contributed by atoms with Gasteiger partial charge in [0.2, 0.25) is 5.91 Å². The van der Waals surface area contributed by atoms with E-state index in [4.69, 9.17) is 4.74 Å². The van der Waals surface area contributed by atoms with Gasteiger partial charge in [0.1, 0.15) is 5.75 Å². The maximum atomic E-state index is 12.8. The number of H-pyrrole nitrogens is 1. The summed E-state index contributed by atoms with van der Waals surface area (Å²) in [5.41, 5.74) is 5.02. The number of aromatic nitrogens is 2. The molecule has 2 aliphatic rings. The lowest BCUT2D eigenvalue weighted by Gasteiger charge is -2.28. The molecule has 1 amide bonds. The Morgan fingerprint density at radius 1 is 1.21 bits per heavy atom. The molecule has 2 aromatic carbocycles. The lowest BCUT2D eigenvalue weighted by Crippen LogP contribution is -2.35. The molecule has 34 heavy (non-hydrogen) atoms. The molecule has 0 unspecified atom stereocenters. The molecule has 7 nitrogen and oxygen atoms in total. The maximum Gasteiger partial charge on any atom is 0.256 e. The number of fused-ring (bicyclic) bond motifs is 2. The highest BCUT2D eigenvalue weighted by Gasteiger charge is 2.24. The quantitative estimate of drug-likeness (QED) is 0.402. The van der Waals surface area contributed by atoms with Crippen LogP contribution in [0, 0.1) is 0 Å². The van der Waals surface area contributed by atoms with Crippen LogP contribution < -0.4 is 15.6 Å². The van der Waals surface area contributed by atoms with E-state index in [9.17, 15) is 9.59 Å². The van der Waals surface area contributed by atoms with Crippen LogP contribution in [0.1, 0.15) is 40.4 Å². The third kappa shape index (κ3) is 4.88. The van der Waals surface area contributed by atoms with Crippen molar-refractivity contribution < 1.29 is 9.53 Å². The van der Waals surface area contributed by atoms with E-state index in [1.54, 1.807) is 7.11 Å². The Kier molecular flexibility index (Phi) is 6.69. The molecule has 1 aliphatic heterocycles. The van der Waals surface area contributed by atoms with Crippen molar-refractivity contribution in [3.8, 4) is 5.75 Å². The van der Waals surface area contributed by atoms with Crippen LogP contribution >= 0.6 is 11.8 Å². The number of nitrogens with zero attached hydrogens (tertiary/aromatic N) is 2. The van der Waals surface area contributed by atoms with Crippen molar-refractivity contribution in [3.63, 3.8) is 0 Å². The van der Waals surface area contributed by atoms with Crippen molar-refractivity contribution >= 4 is 17.7 Å². The van der Waals surface area contributed by atoms with Gasteiger partial charge in [-0.25, -0.2) is 4.98 Å². The number of carbonyl (C=O) groups is 1. The zero-order valence-corrected chi connectivity index (χ0v) is 20.0. The molecule has 2 heterocycles. The van der Waals surface area contributed by atoms with Crippen LogP contribution in [0.25, 0.3) is 0 Å². The number of ether oxygens (including phenoxy) is 1. The van der Waals surface area contributed by atoms with Gasteiger partial charge in [0.05, 0.1) is 30.2 Å². The molecule has 3 aromatic rings. The van der Waals surface area contributed by atoms with Crippen LogP contribution in [0.4, 0.5) is 0 Å². The van der Waals surface area contributed by atoms with Crippen LogP contribution in [0.2, 0.25) is 0 Å². The van der Waals surface area contributed by atoms with Crippen LogP contribution in [0.3, 0.4) is 0 Å². The number of aryl methyl sites for hydroxylation is 1. The molecule has 1 aromatic heterocycles. The molecule has 0 fully saturated rings. The summed E-state index contributed by atoms with van der Waals surface area (Å²) in [6.45, 7) is 2.07. The smallest absolute Gasteiger partial charge is 0.256 e. The van der Waals surface area contributed by atoms with Crippen LogP contribution in [-0.4, -0.2) is 40.2 Å². The zero-order chi connectivity index (χ0) is 23.5. The van der Waals surface area contributed by atoms with E-state index < -0.39 is 0 Å². The Morgan fingerprint density at radius 2 is 2.03 bits per heavy atom. The van der Waals surface area contributed by atoms with Crippen LogP contribution in [0.15, 0.2) is 58.5 Å². The first-order valence-corrected chi connectivity index (χ1v) is 12.6. The summed E-state index contributed by atoms with van der Waals surface area (Å²) >= 11 is 1.28. The Morgan fingerprint density at radius 3 is 2.91 bits per heavy atom. The van der Waals surface area contributed by atoms with E-state index in [1.807, 2.05) is 36.4 Å². The molecular weight excluding hydrogens is 448 g/mol. The Balaban J connectivity index is 1.19. The Hall–Kier alpha value is -3.10. The van der Waals surface area contributed by atoms with E-state index in [0.717, 1.165) is 36.4 Å². The fourth-order valence-electron chi connectivity index (χ4n) is 4.81. The largest absolute Gasteiger partial charge is 0.496 e. The molecule has 0 saturated carbocycles. The second-order valence-corrected chi connectivity index (χ2v) is 9.68. The van der Waals surface area contributed by atoms with Gasteiger partial charge in [-0.05, 0) is 30.0 Å². The number of para-hydroxylation sites is 1. The number of thioether (sulfide) groups is 1. The second kappa shape index (κ2) is 10.0. The molecule has 176 valence electrons. The van der Waals surface area contributed by atoms with E-state index in [-0.39, 0.29) is 23.3 Å². The van der Waals surface area contributed by atoms with Gasteiger partial charge in [-0.15, -0.1) is 0 Å². The summed E-state index contributed by atoms with van der Waals surface area (Å²) in [5.74, 6) is 1.03. The monoisotopic (exact) mass is 476 g/mol. The number of hydrogen-bond acceptors (Lipinski definition) is 6. The topological polar surface area (TPSA) is 87.3 Å². The predicted octanol–water partition coefficient (Wildman–Crippen LogP) is 3.23. The summed E-state index contributed by atoms with van der Waals surface area (Å²) < 4.78 is 5.46. The average molecular weight is 477 g/mol. The molecule has 1 atom stereocenters. The molecule has 1 aliphatic carbocycles. The summed E-state index contributed by atoms with van der Waals surface area (Å²) in [5, 5.41) is 3.63. The summed E-state index contributed by atoms with van der Waals surface area (Å²) in [6.07, 6.45) is 2.62. The summed E-state index contributed by atoms with van der Waals surface area (Å²) in [6, 6.07) is 16.3. The number of benzene rings is 2. The highest BCUT2D eigenvalue weighted by Crippen LogP contribution is 2.31. The molecule has 0 bridgehead atoms. The molecule has 0 spiro atoms. The van der Waals surface area contributed by atoms with Crippen molar-refractivity contribution in [2.24, 2.45) is 0 Å². The van der Waals surface area contributed by atoms with Crippen LogP contribution in [0.5, 0.6) is 5.75 Å². The van der Waals surface area contributed by atoms with E-state index in [1.165, 1.54) is 22.9 Å². The highest BCUT2D eigenvalue weighted by atomic mass is 32.2. The second-order valence-electron chi connectivity index (χ2n) is 8.72. The number of hydrogen-bond donors (Lipinski definition) is 2. The number of rotatable bonds is 7. The normalized spacial score (nSPS) is 17.1. The number of aromatic amines is 1. The van der Waals surface area contributed by atoms with Crippen LogP contribution in [-0.2, 0) is 30.7 Å². The number of methoxy groups -OCH3 is 1. The minimum Gasteiger partial charge on any atom is -0.496 e. The minimum absolute atomic E-state index is 0.0462. The third-order valence-corrected chi connectivity index (χ3v) is 7.39. The number of amides is 1. The van der Waals surface area contributed by atoms with Gasteiger partial charge >= 0.3 is 0 Å². The Labute approximate surface area is 202 Å². The fourth-order valence-corrected chi connectivity index (χ4v) is 5.50. The molecule has 0 saturated heterocycles. The fraction of sp³-hybridized carbons (Fsp3) is 0.346. The van der Waals surface area contributed by atoms with Gasteiger partial charge in [-0.2, -0.15) is 0 Å². The average Bonchev–Trinajstić information content (AvgIpc) is 3.26. The van der Waals surface area contributed by atoms with Gasteiger partial charge in [-0.1, -0.05) is 54.2 Å². The molecule has 2 N–H and O–H groups in total. The van der Waals surface area contributed by atoms with Gasteiger partial charge in [0.25, 0.3) is 5.56 Å². The van der Waals surface area contributed by atoms with E-state index >= 15 is 0 Å². The first-order valence-electron chi connectivity index (χ1n) is 11.6. The van der Waals surface area contributed by atoms with Crippen molar-refractivity contribution in [2.75, 3.05) is 19.4 Å². The number of carbonyl (C=O) groups excluding carboxylic acids is 1. The molecule has 0 radical (unpaired) electrons. The maximum absolute atomic E-state index is 12.8. The molecular formula is C26H28N4O3S. The summed E-state index contributed by atoms with van der Waals surface area (Å²) in [7, 11) is 1.67. The van der Waals surface area contributed by atoms with Gasteiger partial charge in [-0.3, -0.25) is 14.5 Å². The van der Waals surface area contributed by atoms with Crippen molar-refractivity contribution in [2.45, 2.75) is 43.6 Å². The van der Waals surface area contributed by atoms with Crippen molar-refractivity contribution in [3.05, 3.63) is 86.8 Å². The lowest BCUT2D eigenvalue weighted by molar-refractivity contribution is -0.119. The first-order chi connectivity index (χ1) is 16.6. The summed E-state index contributed by atoms with van der Waals surface area (Å²) in [4.78, 5) is 35.1. The lowest BCUT2D eigenvalue weighted by atomic mass is 10.1. The van der Waals surface area contributed by atoms with Crippen molar-refractivity contribution in [1.82, 2.24) is 20.2 Å². The first kappa shape index (κ1) is 22.7. The van der Waals surface area contributed by atoms with E-state index in [2.05, 4.69) is 32.3 Å². The highest BCUT2D eigenvalue weighted by molar-refractivity contribution is 7.99. The van der Waals surface area contributed by atoms with Gasteiger partial charge in [0.15, 0.2) is 5.16 Å². The van der Waals surface area contributed by atoms with Gasteiger partial charge < -0.3 is 15.0 Å².